The number of rotatable bonds is 6. The van der Waals surface area contributed by atoms with Crippen LogP contribution in [-0.4, -0.2) is 48.8 Å². The quantitative estimate of drug-likeness (QED) is 0.517. The van der Waals surface area contributed by atoms with Gasteiger partial charge in [0.15, 0.2) is 0 Å². The molecule has 0 fully saturated rings. The SMILES string of the molecule is COC(=O)c1cc(OC(=O)C2=NN(Cc3ccccc3)C(=O)CC2)cc(C(=O)OC)c1. The molecule has 2 aromatic carbocycles. The van der Waals surface area contributed by atoms with E-state index < -0.39 is 17.9 Å². The molecule has 0 atom stereocenters. The maximum absolute atomic E-state index is 12.7. The molecule has 1 aliphatic heterocycles. The molecule has 160 valence electrons. The lowest BCUT2D eigenvalue weighted by Crippen LogP contribution is -2.35. The fraction of sp³-hybridized carbons (Fsp3) is 0.227. The van der Waals surface area contributed by atoms with Crippen molar-refractivity contribution >= 4 is 29.5 Å². The van der Waals surface area contributed by atoms with Crippen LogP contribution in [0, 0.1) is 0 Å². The normalized spacial score (nSPS) is 13.3. The summed E-state index contributed by atoms with van der Waals surface area (Å²) in [5.41, 5.74) is 0.945. The van der Waals surface area contributed by atoms with E-state index in [0.29, 0.717) is 0 Å². The number of nitrogens with zero attached hydrogens (tertiary/aromatic N) is 2. The predicted octanol–water partition coefficient (Wildman–Crippen LogP) is 2.34. The number of hydrazone groups is 1. The van der Waals surface area contributed by atoms with Crippen LogP contribution >= 0.6 is 0 Å². The average Bonchev–Trinajstić information content (AvgIpc) is 2.79. The minimum Gasteiger partial charge on any atom is -0.465 e. The van der Waals surface area contributed by atoms with Crippen LogP contribution in [-0.2, 0) is 25.6 Å². The Kier molecular flexibility index (Phi) is 6.76. The first-order valence-electron chi connectivity index (χ1n) is 9.37. The van der Waals surface area contributed by atoms with Crippen molar-refractivity contribution in [2.24, 2.45) is 5.10 Å². The van der Waals surface area contributed by atoms with Crippen LogP contribution in [0.15, 0.2) is 53.6 Å². The van der Waals surface area contributed by atoms with Crippen LogP contribution in [0.1, 0.15) is 39.1 Å². The van der Waals surface area contributed by atoms with E-state index in [4.69, 9.17) is 4.74 Å². The predicted molar refractivity (Wildman–Crippen MR) is 108 cm³/mol. The fourth-order valence-corrected chi connectivity index (χ4v) is 2.92. The van der Waals surface area contributed by atoms with Gasteiger partial charge in [0.2, 0.25) is 5.91 Å². The Labute approximate surface area is 178 Å². The Morgan fingerprint density at radius 3 is 2.10 bits per heavy atom. The summed E-state index contributed by atoms with van der Waals surface area (Å²) in [6.45, 7) is 0.223. The van der Waals surface area contributed by atoms with Gasteiger partial charge in [-0.05, 0) is 23.8 Å². The second-order valence-electron chi connectivity index (χ2n) is 6.60. The van der Waals surface area contributed by atoms with E-state index in [1.54, 1.807) is 0 Å². The van der Waals surface area contributed by atoms with Gasteiger partial charge in [-0.3, -0.25) is 4.79 Å². The molecular weight excluding hydrogens is 404 g/mol. The number of hydrogen-bond acceptors (Lipinski definition) is 8. The lowest BCUT2D eigenvalue weighted by Gasteiger charge is -2.23. The smallest absolute Gasteiger partial charge is 0.359 e. The topological polar surface area (TPSA) is 112 Å². The Morgan fingerprint density at radius 1 is 0.903 bits per heavy atom. The van der Waals surface area contributed by atoms with Gasteiger partial charge in [0.05, 0.1) is 31.9 Å². The molecule has 3 rings (SSSR count). The molecule has 1 heterocycles. The summed E-state index contributed by atoms with van der Waals surface area (Å²) in [6.07, 6.45) is 0.222. The molecule has 1 amide bonds. The van der Waals surface area contributed by atoms with E-state index in [0.717, 1.165) is 5.56 Å². The van der Waals surface area contributed by atoms with Gasteiger partial charge in [0, 0.05) is 12.8 Å². The van der Waals surface area contributed by atoms with Crippen molar-refractivity contribution in [2.75, 3.05) is 14.2 Å². The molecule has 0 aromatic heterocycles. The van der Waals surface area contributed by atoms with Crippen LogP contribution < -0.4 is 4.74 Å². The number of ether oxygens (including phenoxy) is 3. The molecular formula is C22H20N2O7. The van der Waals surface area contributed by atoms with Crippen molar-refractivity contribution in [3.05, 3.63) is 65.2 Å². The van der Waals surface area contributed by atoms with E-state index in [-0.39, 0.29) is 47.9 Å². The first-order chi connectivity index (χ1) is 14.9. The molecule has 0 unspecified atom stereocenters. The number of hydrogen-bond donors (Lipinski definition) is 0. The molecule has 0 N–H and O–H groups in total. The zero-order valence-corrected chi connectivity index (χ0v) is 17.0. The van der Waals surface area contributed by atoms with Gasteiger partial charge in [0.25, 0.3) is 0 Å². The molecule has 9 heteroatoms. The number of methoxy groups -OCH3 is 2. The van der Waals surface area contributed by atoms with Gasteiger partial charge in [-0.25, -0.2) is 19.4 Å². The van der Waals surface area contributed by atoms with Crippen molar-refractivity contribution in [1.29, 1.82) is 0 Å². The summed E-state index contributed by atoms with van der Waals surface area (Å²) in [5.74, 6) is -2.47. The zero-order valence-electron chi connectivity index (χ0n) is 17.0. The first-order valence-corrected chi connectivity index (χ1v) is 9.37. The van der Waals surface area contributed by atoms with E-state index in [1.165, 1.54) is 37.4 Å². The Balaban J connectivity index is 1.82. The second-order valence-corrected chi connectivity index (χ2v) is 6.60. The van der Waals surface area contributed by atoms with Gasteiger partial charge in [-0.1, -0.05) is 30.3 Å². The molecule has 0 saturated carbocycles. The molecule has 0 saturated heterocycles. The van der Waals surface area contributed by atoms with E-state index in [2.05, 4.69) is 14.6 Å². The van der Waals surface area contributed by atoms with Crippen LogP contribution in [0.25, 0.3) is 0 Å². The van der Waals surface area contributed by atoms with Gasteiger partial charge in [0.1, 0.15) is 11.5 Å². The number of carbonyl (C=O) groups is 4. The molecule has 31 heavy (non-hydrogen) atoms. The monoisotopic (exact) mass is 424 g/mol. The Morgan fingerprint density at radius 2 is 1.52 bits per heavy atom. The highest BCUT2D eigenvalue weighted by Crippen LogP contribution is 2.21. The highest BCUT2D eigenvalue weighted by Gasteiger charge is 2.26. The molecule has 0 aliphatic carbocycles. The van der Waals surface area contributed by atoms with E-state index in [1.807, 2.05) is 30.3 Å². The molecule has 0 bridgehead atoms. The molecule has 0 radical (unpaired) electrons. The molecule has 9 nitrogen and oxygen atoms in total. The Hall–Kier alpha value is -4.01. The highest BCUT2D eigenvalue weighted by molar-refractivity contribution is 6.37. The minimum absolute atomic E-state index is 0.0136. The van der Waals surface area contributed by atoms with Crippen molar-refractivity contribution < 1.29 is 33.4 Å². The van der Waals surface area contributed by atoms with Crippen molar-refractivity contribution in [3.8, 4) is 5.75 Å². The van der Waals surface area contributed by atoms with Gasteiger partial charge >= 0.3 is 17.9 Å². The maximum Gasteiger partial charge on any atom is 0.359 e. The third-order valence-electron chi connectivity index (χ3n) is 4.48. The van der Waals surface area contributed by atoms with Crippen molar-refractivity contribution in [1.82, 2.24) is 5.01 Å². The molecule has 1 aliphatic rings. The highest BCUT2D eigenvalue weighted by atomic mass is 16.5. The fourth-order valence-electron chi connectivity index (χ4n) is 2.92. The van der Waals surface area contributed by atoms with Gasteiger partial charge in [-0.2, -0.15) is 5.10 Å². The van der Waals surface area contributed by atoms with Gasteiger partial charge < -0.3 is 14.2 Å². The van der Waals surface area contributed by atoms with Crippen molar-refractivity contribution in [2.45, 2.75) is 19.4 Å². The number of amides is 1. The largest absolute Gasteiger partial charge is 0.465 e. The standard InChI is InChI=1S/C22H20N2O7/c1-29-20(26)15-10-16(21(27)30-2)12-17(11-15)31-22(28)18-8-9-19(25)24(23-18)13-14-6-4-3-5-7-14/h3-7,10-12H,8-9,13H2,1-2H3. The number of benzene rings is 2. The van der Waals surface area contributed by atoms with Crippen molar-refractivity contribution in [3.63, 3.8) is 0 Å². The molecule has 2 aromatic rings. The lowest BCUT2D eigenvalue weighted by molar-refractivity contribution is -0.133. The summed E-state index contributed by atoms with van der Waals surface area (Å²) in [7, 11) is 2.38. The average molecular weight is 424 g/mol. The zero-order chi connectivity index (χ0) is 22.4. The maximum atomic E-state index is 12.7. The minimum atomic E-state index is -0.789. The van der Waals surface area contributed by atoms with Gasteiger partial charge in [-0.15, -0.1) is 0 Å². The third kappa shape index (κ3) is 5.33. The third-order valence-corrected chi connectivity index (χ3v) is 4.48. The first kappa shape index (κ1) is 21.7. The molecule has 0 spiro atoms. The van der Waals surface area contributed by atoms with Crippen LogP contribution in [0.4, 0.5) is 0 Å². The van der Waals surface area contributed by atoms with Crippen LogP contribution in [0.2, 0.25) is 0 Å². The second kappa shape index (κ2) is 9.66. The number of carbonyl (C=O) groups excluding carboxylic acids is 4. The van der Waals surface area contributed by atoms with E-state index in [9.17, 15) is 19.2 Å². The summed E-state index contributed by atoms with van der Waals surface area (Å²) in [5, 5.41) is 5.37. The summed E-state index contributed by atoms with van der Waals surface area (Å²) in [6, 6.07) is 13.1. The summed E-state index contributed by atoms with van der Waals surface area (Å²) >= 11 is 0. The van der Waals surface area contributed by atoms with E-state index >= 15 is 0 Å². The Bertz CT molecular complexity index is 1010. The lowest BCUT2D eigenvalue weighted by atomic mass is 10.1. The van der Waals surface area contributed by atoms with Crippen LogP contribution in [0.5, 0.6) is 5.75 Å². The summed E-state index contributed by atoms with van der Waals surface area (Å²) < 4.78 is 14.7. The summed E-state index contributed by atoms with van der Waals surface area (Å²) in [4.78, 5) is 48.6. The van der Waals surface area contributed by atoms with Crippen LogP contribution in [0.3, 0.4) is 0 Å². The number of esters is 3.